The quantitative estimate of drug-likeness (QED) is 0.910. The summed E-state index contributed by atoms with van der Waals surface area (Å²) in [4.78, 5) is 9.01. The summed E-state index contributed by atoms with van der Waals surface area (Å²) in [7, 11) is 0. The van der Waals surface area contributed by atoms with Gasteiger partial charge < -0.3 is 5.32 Å². The van der Waals surface area contributed by atoms with E-state index in [0.717, 1.165) is 27.9 Å². The van der Waals surface area contributed by atoms with Crippen molar-refractivity contribution in [3.8, 4) is 10.0 Å². The van der Waals surface area contributed by atoms with Crippen molar-refractivity contribution in [1.29, 1.82) is 0 Å². The molecule has 0 radical (unpaired) electrons. The number of nitrogens with one attached hydrogen (secondary N) is 1. The summed E-state index contributed by atoms with van der Waals surface area (Å²) in [5.74, 6) is 0. The van der Waals surface area contributed by atoms with E-state index >= 15 is 0 Å². The molecule has 2 aromatic rings. The summed E-state index contributed by atoms with van der Waals surface area (Å²) in [6.07, 6.45) is 0. The maximum absolute atomic E-state index is 4.57. The van der Waals surface area contributed by atoms with E-state index < -0.39 is 0 Å². The van der Waals surface area contributed by atoms with Crippen LogP contribution >= 0.6 is 22.7 Å². The van der Waals surface area contributed by atoms with Crippen molar-refractivity contribution in [1.82, 2.24) is 15.3 Å². The van der Waals surface area contributed by atoms with Crippen LogP contribution in [0.5, 0.6) is 0 Å². The van der Waals surface area contributed by atoms with Gasteiger partial charge in [-0.25, -0.2) is 9.97 Å². The Morgan fingerprint density at radius 1 is 1.19 bits per heavy atom. The molecule has 0 unspecified atom stereocenters. The Bertz CT molecular complexity index is 459. The van der Waals surface area contributed by atoms with Crippen LogP contribution in [0.3, 0.4) is 0 Å². The Morgan fingerprint density at radius 3 is 2.50 bits per heavy atom. The number of aromatic nitrogens is 2. The maximum Gasteiger partial charge on any atom is 0.152 e. The van der Waals surface area contributed by atoms with Gasteiger partial charge in [-0.1, -0.05) is 13.8 Å². The van der Waals surface area contributed by atoms with Gasteiger partial charge in [0.1, 0.15) is 0 Å². The molecule has 86 valence electrons. The molecule has 0 fully saturated rings. The second kappa shape index (κ2) is 5.03. The zero-order chi connectivity index (χ0) is 11.5. The first-order chi connectivity index (χ1) is 7.65. The van der Waals surface area contributed by atoms with Crippen LogP contribution in [-0.4, -0.2) is 16.0 Å². The fraction of sp³-hybridized carbons (Fsp3) is 0.455. The van der Waals surface area contributed by atoms with E-state index in [1.54, 1.807) is 22.7 Å². The minimum absolute atomic E-state index is 0.493. The molecular weight excluding hydrogens is 238 g/mol. The lowest BCUT2D eigenvalue weighted by atomic mass is 10.4. The predicted octanol–water partition coefficient (Wildman–Crippen LogP) is 3.07. The number of rotatable bonds is 4. The number of nitrogens with zero attached hydrogens (tertiary/aromatic N) is 2. The molecule has 16 heavy (non-hydrogen) atoms. The average Bonchev–Trinajstić information content (AvgIpc) is 2.83. The molecule has 0 aliphatic heterocycles. The highest BCUT2D eigenvalue weighted by molar-refractivity contribution is 7.19. The van der Waals surface area contributed by atoms with Crippen molar-refractivity contribution in [2.45, 2.75) is 33.4 Å². The van der Waals surface area contributed by atoms with Crippen LogP contribution in [-0.2, 0) is 6.54 Å². The van der Waals surface area contributed by atoms with E-state index in [1.165, 1.54) is 0 Å². The Hall–Kier alpha value is -0.780. The second-order valence-corrected chi connectivity index (χ2v) is 5.69. The maximum atomic E-state index is 4.57. The number of aryl methyl sites for hydroxylation is 1. The first-order valence-electron chi connectivity index (χ1n) is 5.25. The molecule has 0 bridgehead atoms. The highest BCUT2D eigenvalue weighted by Crippen LogP contribution is 2.26. The summed E-state index contributed by atoms with van der Waals surface area (Å²) >= 11 is 3.32. The molecule has 2 aromatic heterocycles. The van der Waals surface area contributed by atoms with Crippen LogP contribution in [0.15, 0.2) is 10.8 Å². The molecular formula is C11H15N3S2. The molecule has 0 saturated heterocycles. The number of hydrogen-bond acceptors (Lipinski definition) is 5. The van der Waals surface area contributed by atoms with Gasteiger partial charge in [0.2, 0.25) is 0 Å². The van der Waals surface area contributed by atoms with Crippen molar-refractivity contribution < 1.29 is 0 Å². The molecule has 0 spiro atoms. The van der Waals surface area contributed by atoms with E-state index in [0.29, 0.717) is 6.04 Å². The highest BCUT2D eigenvalue weighted by atomic mass is 32.1. The van der Waals surface area contributed by atoms with Crippen molar-refractivity contribution in [3.63, 3.8) is 0 Å². The Kier molecular flexibility index (Phi) is 3.68. The van der Waals surface area contributed by atoms with Crippen LogP contribution in [0.25, 0.3) is 10.0 Å². The summed E-state index contributed by atoms with van der Waals surface area (Å²) in [6.45, 7) is 7.11. The van der Waals surface area contributed by atoms with Gasteiger partial charge in [0, 0.05) is 29.0 Å². The summed E-state index contributed by atoms with van der Waals surface area (Å²) in [5.41, 5.74) is 2.17. The van der Waals surface area contributed by atoms with Gasteiger partial charge >= 0.3 is 0 Å². The first kappa shape index (κ1) is 11.7. The average molecular weight is 253 g/mol. The normalized spacial score (nSPS) is 11.2. The second-order valence-electron chi connectivity index (χ2n) is 3.97. The van der Waals surface area contributed by atoms with Crippen LogP contribution in [0, 0.1) is 6.92 Å². The van der Waals surface area contributed by atoms with Gasteiger partial charge in [0.15, 0.2) is 10.0 Å². The lowest BCUT2D eigenvalue weighted by molar-refractivity contribution is 0.583. The molecule has 5 heteroatoms. The molecule has 0 amide bonds. The molecule has 3 nitrogen and oxygen atoms in total. The van der Waals surface area contributed by atoms with Crippen molar-refractivity contribution in [3.05, 3.63) is 22.1 Å². The molecule has 2 rings (SSSR count). The summed E-state index contributed by atoms with van der Waals surface area (Å²) in [5, 5.41) is 9.57. The van der Waals surface area contributed by atoms with Crippen molar-refractivity contribution in [2.24, 2.45) is 0 Å². The fourth-order valence-corrected chi connectivity index (χ4v) is 2.91. The van der Waals surface area contributed by atoms with E-state index in [1.807, 2.05) is 6.92 Å². The van der Waals surface area contributed by atoms with Gasteiger partial charge in [-0.05, 0) is 6.92 Å². The van der Waals surface area contributed by atoms with Gasteiger partial charge in [-0.15, -0.1) is 22.7 Å². The van der Waals surface area contributed by atoms with Crippen LogP contribution in [0.2, 0.25) is 0 Å². The van der Waals surface area contributed by atoms with E-state index in [2.05, 4.69) is 39.9 Å². The van der Waals surface area contributed by atoms with Crippen LogP contribution < -0.4 is 5.32 Å². The number of hydrogen-bond donors (Lipinski definition) is 1. The predicted molar refractivity (Wildman–Crippen MR) is 69.9 cm³/mol. The third kappa shape index (κ3) is 2.87. The van der Waals surface area contributed by atoms with Crippen LogP contribution in [0.1, 0.15) is 25.2 Å². The SMILES string of the molecule is Cc1csc(-c2nc(CNC(C)C)cs2)n1. The third-order valence-electron chi connectivity index (χ3n) is 2.05. The first-order valence-corrected chi connectivity index (χ1v) is 7.01. The lowest BCUT2D eigenvalue weighted by Gasteiger charge is -2.04. The van der Waals surface area contributed by atoms with E-state index in [9.17, 15) is 0 Å². The molecule has 0 atom stereocenters. The van der Waals surface area contributed by atoms with Crippen LogP contribution in [0.4, 0.5) is 0 Å². The van der Waals surface area contributed by atoms with E-state index in [-0.39, 0.29) is 0 Å². The van der Waals surface area contributed by atoms with Gasteiger partial charge in [-0.2, -0.15) is 0 Å². The molecule has 2 heterocycles. The largest absolute Gasteiger partial charge is 0.309 e. The minimum Gasteiger partial charge on any atom is -0.309 e. The Balaban J connectivity index is 2.07. The fourth-order valence-electron chi connectivity index (χ4n) is 1.25. The van der Waals surface area contributed by atoms with Crippen molar-refractivity contribution in [2.75, 3.05) is 0 Å². The summed E-state index contributed by atoms with van der Waals surface area (Å²) in [6, 6.07) is 0.493. The van der Waals surface area contributed by atoms with Gasteiger partial charge in [0.05, 0.1) is 5.69 Å². The Morgan fingerprint density at radius 2 is 1.88 bits per heavy atom. The monoisotopic (exact) mass is 253 g/mol. The third-order valence-corrected chi connectivity index (χ3v) is 4.04. The standard InChI is InChI=1S/C11H15N3S2/c1-7(2)12-4-9-6-16-11(14-9)10-13-8(3)5-15-10/h5-7,12H,4H2,1-3H3. The van der Waals surface area contributed by atoms with E-state index in [4.69, 9.17) is 0 Å². The zero-order valence-electron chi connectivity index (χ0n) is 9.65. The summed E-state index contributed by atoms with van der Waals surface area (Å²) < 4.78 is 0. The van der Waals surface area contributed by atoms with Crippen molar-refractivity contribution >= 4 is 22.7 Å². The molecule has 1 N–H and O–H groups in total. The van der Waals surface area contributed by atoms with Gasteiger partial charge in [0.25, 0.3) is 0 Å². The highest BCUT2D eigenvalue weighted by Gasteiger charge is 2.08. The zero-order valence-corrected chi connectivity index (χ0v) is 11.3. The molecule has 0 saturated carbocycles. The Labute approximate surface area is 104 Å². The van der Waals surface area contributed by atoms with Gasteiger partial charge in [-0.3, -0.25) is 0 Å². The molecule has 0 aromatic carbocycles. The molecule has 0 aliphatic carbocycles. The topological polar surface area (TPSA) is 37.8 Å². The molecule has 0 aliphatic rings. The lowest BCUT2D eigenvalue weighted by Crippen LogP contribution is -2.21. The smallest absolute Gasteiger partial charge is 0.152 e. The number of thiazole rings is 2. The minimum atomic E-state index is 0.493.